The monoisotopic (exact) mass is 153 g/mol. The van der Waals surface area contributed by atoms with E-state index < -0.39 is 0 Å². The molecule has 1 aliphatic rings. The molecule has 0 aliphatic heterocycles. The van der Waals surface area contributed by atoms with E-state index in [4.69, 9.17) is 9.63 Å². The third-order valence-electron chi connectivity index (χ3n) is 2.59. The van der Waals surface area contributed by atoms with E-state index in [0.29, 0.717) is 0 Å². The first-order valence-electron chi connectivity index (χ1n) is 3.89. The molecule has 0 radical (unpaired) electrons. The first-order chi connectivity index (χ1) is 5.37. The van der Waals surface area contributed by atoms with Gasteiger partial charge in [-0.15, -0.1) is 0 Å². The van der Waals surface area contributed by atoms with E-state index in [1.54, 1.807) is 6.26 Å². The van der Waals surface area contributed by atoms with E-state index in [-0.39, 0.29) is 12.0 Å². The summed E-state index contributed by atoms with van der Waals surface area (Å²) in [5, 5.41) is 13.0. The Labute approximate surface area is 65.0 Å². The second-order valence-electron chi connectivity index (χ2n) is 3.18. The number of rotatable bonds is 2. The van der Waals surface area contributed by atoms with E-state index in [0.717, 1.165) is 18.5 Å². The molecule has 11 heavy (non-hydrogen) atoms. The molecule has 1 aromatic heterocycles. The fourth-order valence-corrected chi connectivity index (χ4v) is 1.58. The van der Waals surface area contributed by atoms with Crippen LogP contribution in [0.25, 0.3) is 0 Å². The summed E-state index contributed by atoms with van der Waals surface area (Å²) in [6, 6.07) is 1.84. The van der Waals surface area contributed by atoms with Crippen molar-refractivity contribution in [1.29, 1.82) is 0 Å². The van der Waals surface area contributed by atoms with Crippen LogP contribution in [0.5, 0.6) is 0 Å². The van der Waals surface area contributed by atoms with Gasteiger partial charge in [-0.25, -0.2) is 0 Å². The van der Waals surface area contributed by atoms with Crippen LogP contribution in [0.1, 0.15) is 25.0 Å². The zero-order valence-corrected chi connectivity index (χ0v) is 6.29. The zero-order valence-electron chi connectivity index (χ0n) is 6.29. The maximum absolute atomic E-state index is 9.13. The van der Waals surface area contributed by atoms with Crippen LogP contribution in [0.15, 0.2) is 16.9 Å². The van der Waals surface area contributed by atoms with Crippen molar-refractivity contribution in [1.82, 2.24) is 5.16 Å². The van der Waals surface area contributed by atoms with Crippen molar-refractivity contribution in [2.75, 3.05) is 6.61 Å². The fraction of sp³-hybridized carbons (Fsp3) is 0.625. The molecule has 1 saturated carbocycles. The van der Waals surface area contributed by atoms with Gasteiger partial charge in [-0.2, -0.15) is 0 Å². The molecule has 0 aromatic carbocycles. The Morgan fingerprint density at radius 3 is 2.82 bits per heavy atom. The topological polar surface area (TPSA) is 46.3 Å². The standard InChI is InChI=1S/C8H11NO2/c10-6-8(3-1-4-8)7-2-5-11-9-7/h2,5,10H,1,3-4,6H2. The Bertz CT molecular complexity index is 221. The lowest BCUT2D eigenvalue weighted by atomic mass is 9.67. The number of aromatic nitrogens is 1. The quantitative estimate of drug-likeness (QED) is 0.691. The average Bonchev–Trinajstić information content (AvgIpc) is 2.39. The van der Waals surface area contributed by atoms with Crippen molar-refractivity contribution in [3.8, 4) is 0 Å². The van der Waals surface area contributed by atoms with Gasteiger partial charge in [-0.3, -0.25) is 0 Å². The molecular formula is C8H11NO2. The van der Waals surface area contributed by atoms with Crippen LogP contribution in [0.4, 0.5) is 0 Å². The maximum Gasteiger partial charge on any atom is 0.124 e. The summed E-state index contributed by atoms with van der Waals surface area (Å²) in [6.45, 7) is 0.194. The van der Waals surface area contributed by atoms with Crippen LogP contribution in [0, 0.1) is 0 Å². The van der Waals surface area contributed by atoms with Crippen molar-refractivity contribution in [2.24, 2.45) is 0 Å². The second-order valence-corrected chi connectivity index (χ2v) is 3.18. The summed E-state index contributed by atoms with van der Waals surface area (Å²) >= 11 is 0. The third kappa shape index (κ3) is 0.878. The molecule has 60 valence electrons. The van der Waals surface area contributed by atoms with Gasteiger partial charge in [-0.1, -0.05) is 11.6 Å². The molecule has 2 rings (SSSR count). The zero-order chi connectivity index (χ0) is 7.73. The molecule has 3 heteroatoms. The van der Waals surface area contributed by atoms with Crippen LogP contribution in [-0.2, 0) is 5.41 Å². The van der Waals surface area contributed by atoms with Gasteiger partial charge in [-0.05, 0) is 12.8 Å². The first-order valence-corrected chi connectivity index (χ1v) is 3.89. The van der Waals surface area contributed by atoms with Gasteiger partial charge in [0.1, 0.15) is 6.26 Å². The molecule has 0 saturated heterocycles. The molecule has 0 atom stereocenters. The second kappa shape index (κ2) is 2.34. The summed E-state index contributed by atoms with van der Waals surface area (Å²) in [7, 11) is 0. The largest absolute Gasteiger partial charge is 0.395 e. The predicted molar refractivity (Wildman–Crippen MR) is 39.1 cm³/mol. The summed E-state index contributed by atoms with van der Waals surface area (Å²) in [4.78, 5) is 0. The van der Waals surface area contributed by atoms with Gasteiger partial charge in [0.2, 0.25) is 0 Å². The van der Waals surface area contributed by atoms with Gasteiger partial charge in [0.25, 0.3) is 0 Å². The van der Waals surface area contributed by atoms with Gasteiger partial charge >= 0.3 is 0 Å². The van der Waals surface area contributed by atoms with Gasteiger partial charge in [0.15, 0.2) is 0 Å². The number of hydrogen-bond acceptors (Lipinski definition) is 3. The number of aliphatic hydroxyl groups excluding tert-OH is 1. The molecule has 0 unspecified atom stereocenters. The molecule has 1 heterocycles. The average molecular weight is 153 g/mol. The molecule has 1 aliphatic carbocycles. The summed E-state index contributed by atoms with van der Waals surface area (Å²) in [5.41, 5.74) is 0.846. The Kier molecular flexibility index (Phi) is 1.46. The number of nitrogens with zero attached hydrogens (tertiary/aromatic N) is 1. The molecule has 1 N–H and O–H groups in total. The van der Waals surface area contributed by atoms with Crippen molar-refractivity contribution in [3.63, 3.8) is 0 Å². The van der Waals surface area contributed by atoms with Crippen molar-refractivity contribution in [2.45, 2.75) is 24.7 Å². The molecule has 0 spiro atoms. The van der Waals surface area contributed by atoms with Crippen LogP contribution in [-0.4, -0.2) is 16.9 Å². The highest BCUT2D eigenvalue weighted by Gasteiger charge is 2.40. The summed E-state index contributed by atoms with van der Waals surface area (Å²) in [6.07, 6.45) is 4.82. The smallest absolute Gasteiger partial charge is 0.124 e. The minimum absolute atomic E-state index is 0.0625. The lowest BCUT2D eigenvalue weighted by Gasteiger charge is -2.38. The van der Waals surface area contributed by atoms with Crippen molar-refractivity contribution < 1.29 is 9.63 Å². The molecule has 1 aromatic rings. The SMILES string of the molecule is OCC1(c2ccon2)CCC1. The van der Waals surface area contributed by atoms with Crippen LogP contribution in [0.2, 0.25) is 0 Å². The maximum atomic E-state index is 9.13. The van der Waals surface area contributed by atoms with Crippen LogP contribution >= 0.6 is 0 Å². The highest BCUT2D eigenvalue weighted by Crippen LogP contribution is 2.42. The molecule has 0 bridgehead atoms. The normalized spacial score (nSPS) is 21.2. The minimum atomic E-state index is -0.0625. The first kappa shape index (κ1) is 6.85. The summed E-state index contributed by atoms with van der Waals surface area (Å²) in [5.74, 6) is 0. The van der Waals surface area contributed by atoms with Crippen LogP contribution in [0.3, 0.4) is 0 Å². The highest BCUT2D eigenvalue weighted by molar-refractivity contribution is 5.17. The Morgan fingerprint density at radius 1 is 1.64 bits per heavy atom. The molecule has 3 nitrogen and oxygen atoms in total. The highest BCUT2D eigenvalue weighted by atomic mass is 16.5. The van der Waals surface area contributed by atoms with E-state index in [1.807, 2.05) is 6.07 Å². The van der Waals surface area contributed by atoms with E-state index in [1.165, 1.54) is 6.42 Å². The lowest BCUT2D eigenvalue weighted by Crippen LogP contribution is -2.38. The Balaban J connectivity index is 2.25. The van der Waals surface area contributed by atoms with E-state index in [2.05, 4.69) is 5.16 Å². The third-order valence-corrected chi connectivity index (χ3v) is 2.59. The number of hydrogen-bond donors (Lipinski definition) is 1. The van der Waals surface area contributed by atoms with Crippen molar-refractivity contribution >= 4 is 0 Å². The van der Waals surface area contributed by atoms with Crippen LogP contribution < -0.4 is 0 Å². The van der Waals surface area contributed by atoms with E-state index in [9.17, 15) is 0 Å². The predicted octanol–water partition coefficient (Wildman–Crippen LogP) is 1.09. The van der Waals surface area contributed by atoms with Gasteiger partial charge < -0.3 is 9.63 Å². The van der Waals surface area contributed by atoms with Gasteiger partial charge in [0.05, 0.1) is 12.3 Å². The molecule has 0 amide bonds. The van der Waals surface area contributed by atoms with Gasteiger partial charge in [0, 0.05) is 11.5 Å². The Hall–Kier alpha value is -0.830. The fourth-order valence-electron chi connectivity index (χ4n) is 1.58. The minimum Gasteiger partial charge on any atom is -0.395 e. The van der Waals surface area contributed by atoms with Crippen molar-refractivity contribution in [3.05, 3.63) is 18.0 Å². The molecule has 1 fully saturated rings. The lowest BCUT2D eigenvalue weighted by molar-refractivity contribution is 0.112. The van der Waals surface area contributed by atoms with E-state index >= 15 is 0 Å². The molecular weight excluding hydrogens is 142 g/mol. The summed E-state index contributed by atoms with van der Waals surface area (Å²) < 4.78 is 4.74. The number of aliphatic hydroxyl groups is 1. The Morgan fingerprint density at radius 2 is 2.45 bits per heavy atom.